The Morgan fingerprint density at radius 1 is 1.35 bits per heavy atom. The molecule has 2 rings (SSSR count). The van der Waals surface area contributed by atoms with Crippen LogP contribution in [0.3, 0.4) is 0 Å². The molecule has 0 saturated carbocycles. The standard InChI is InChI=1S/C14H16N2O4/c1-7-3-8(2)12(10(4-7)14(19)20)16-6-9(13(15)18)5-11(16)17/h3-4,9H,5-6H2,1-2H3,(H2,15,18)(H,19,20). The molecule has 1 aliphatic rings. The summed E-state index contributed by atoms with van der Waals surface area (Å²) in [5, 5.41) is 9.31. The van der Waals surface area contributed by atoms with Crippen LogP contribution in [-0.4, -0.2) is 29.4 Å². The topological polar surface area (TPSA) is 101 Å². The molecule has 0 spiro atoms. The number of carbonyl (C=O) groups excluding carboxylic acids is 2. The highest BCUT2D eigenvalue weighted by Crippen LogP contribution is 2.32. The fraction of sp³-hybridized carbons (Fsp3) is 0.357. The molecule has 1 unspecified atom stereocenters. The number of nitrogens with two attached hydrogens (primary N) is 1. The molecule has 2 amide bonds. The smallest absolute Gasteiger partial charge is 0.337 e. The van der Waals surface area contributed by atoms with E-state index in [1.807, 2.05) is 6.07 Å². The number of benzene rings is 1. The molecule has 20 heavy (non-hydrogen) atoms. The van der Waals surface area contributed by atoms with Gasteiger partial charge in [-0.15, -0.1) is 0 Å². The van der Waals surface area contributed by atoms with E-state index in [0.717, 1.165) is 5.56 Å². The molecule has 3 N–H and O–H groups in total. The molecule has 0 radical (unpaired) electrons. The number of carboxylic acid groups (broad SMARTS) is 1. The van der Waals surface area contributed by atoms with Gasteiger partial charge >= 0.3 is 5.97 Å². The van der Waals surface area contributed by atoms with Crippen molar-refractivity contribution in [1.82, 2.24) is 0 Å². The molecule has 1 aliphatic heterocycles. The molecule has 6 heteroatoms. The van der Waals surface area contributed by atoms with E-state index in [0.29, 0.717) is 11.3 Å². The van der Waals surface area contributed by atoms with Gasteiger partial charge in [-0.3, -0.25) is 9.59 Å². The number of hydrogen-bond donors (Lipinski definition) is 2. The summed E-state index contributed by atoms with van der Waals surface area (Å²) >= 11 is 0. The Morgan fingerprint density at radius 3 is 2.50 bits per heavy atom. The molecule has 1 heterocycles. The summed E-state index contributed by atoms with van der Waals surface area (Å²) in [5.41, 5.74) is 7.16. The van der Waals surface area contributed by atoms with Crippen LogP contribution in [0.1, 0.15) is 27.9 Å². The number of aromatic carboxylic acids is 1. The van der Waals surface area contributed by atoms with E-state index in [4.69, 9.17) is 5.73 Å². The SMILES string of the molecule is Cc1cc(C)c(N2CC(C(N)=O)CC2=O)c(C(=O)O)c1. The van der Waals surface area contributed by atoms with Crippen molar-refractivity contribution in [3.63, 3.8) is 0 Å². The second-order valence-electron chi connectivity index (χ2n) is 5.09. The Labute approximate surface area is 116 Å². The largest absolute Gasteiger partial charge is 0.478 e. The summed E-state index contributed by atoms with van der Waals surface area (Å²) in [6.45, 7) is 3.68. The molecule has 1 aromatic rings. The summed E-state index contributed by atoms with van der Waals surface area (Å²) in [5.74, 6) is -2.47. The maximum Gasteiger partial charge on any atom is 0.337 e. The fourth-order valence-electron chi connectivity index (χ4n) is 2.60. The molecule has 106 valence electrons. The van der Waals surface area contributed by atoms with Crippen LogP contribution < -0.4 is 10.6 Å². The van der Waals surface area contributed by atoms with Crippen LogP contribution in [0, 0.1) is 19.8 Å². The number of aryl methyl sites for hydroxylation is 2. The van der Waals surface area contributed by atoms with Gasteiger partial charge in [0.15, 0.2) is 0 Å². The van der Waals surface area contributed by atoms with Crippen molar-refractivity contribution in [2.24, 2.45) is 11.7 Å². The van der Waals surface area contributed by atoms with E-state index in [1.54, 1.807) is 13.8 Å². The number of hydrogen-bond acceptors (Lipinski definition) is 3. The summed E-state index contributed by atoms with van der Waals surface area (Å²) in [4.78, 5) is 36.0. The maximum atomic E-state index is 12.0. The molecule has 0 aromatic heterocycles. The number of carbonyl (C=O) groups is 3. The second kappa shape index (κ2) is 4.96. The van der Waals surface area contributed by atoms with Crippen LogP contribution >= 0.6 is 0 Å². The minimum Gasteiger partial charge on any atom is -0.478 e. The average molecular weight is 276 g/mol. The first kappa shape index (κ1) is 14.0. The van der Waals surface area contributed by atoms with Crippen molar-refractivity contribution >= 4 is 23.5 Å². The molecule has 1 saturated heterocycles. The van der Waals surface area contributed by atoms with E-state index < -0.39 is 17.8 Å². The van der Waals surface area contributed by atoms with Gasteiger partial charge < -0.3 is 15.7 Å². The van der Waals surface area contributed by atoms with Crippen LogP contribution in [0.5, 0.6) is 0 Å². The van der Waals surface area contributed by atoms with E-state index in [1.165, 1.54) is 11.0 Å². The van der Waals surface area contributed by atoms with Gasteiger partial charge in [0.2, 0.25) is 11.8 Å². The molecular weight excluding hydrogens is 260 g/mol. The highest BCUT2D eigenvalue weighted by atomic mass is 16.4. The molecule has 0 bridgehead atoms. The van der Waals surface area contributed by atoms with E-state index >= 15 is 0 Å². The Hall–Kier alpha value is -2.37. The number of carboxylic acids is 1. The maximum absolute atomic E-state index is 12.0. The second-order valence-corrected chi connectivity index (χ2v) is 5.09. The lowest BCUT2D eigenvalue weighted by molar-refractivity contribution is -0.123. The minimum absolute atomic E-state index is 0.0295. The normalized spacial score (nSPS) is 18.4. The lowest BCUT2D eigenvalue weighted by Crippen LogP contribution is -2.30. The third-order valence-electron chi connectivity index (χ3n) is 3.47. The summed E-state index contributed by atoms with van der Waals surface area (Å²) < 4.78 is 0. The van der Waals surface area contributed by atoms with Gasteiger partial charge in [0.25, 0.3) is 0 Å². The first-order valence-corrected chi connectivity index (χ1v) is 6.25. The third kappa shape index (κ3) is 2.36. The molecule has 1 atom stereocenters. The first-order valence-electron chi connectivity index (χ1n) is 6.25. The number of rotatable bonds is 3. The number of primary amides is 1. The molecule has 0 aliphatic carbocycles. The van der Waals surface area contributed by atoms with Crippen LogP contribution in [0.15, 0.2) is 12.1 Å². The van der Waals surface area contributed by atoms with Crippen molar-refractivity contribution in [3.8, 4) is 0 Å². The summed E-state index contributed by atoms with van der Waals surface area (Å²) in [6, 6.07) is 3.34. The number of anilines is 1. The molecular formula is C14H16N2O4. The highest BCUT2D eigenvalue weighted by Gasteiger charge is 2.36. The van der Waals surface area contributed by atoms with Crippen LogP contribution in [0.4, 0.5) is 5.69 Å². The molecule has 6 nitrogen and oxygen atoms in total. The van der Waals surface area contributed by atoms with Gasteiger partial charge in [0, 0.05) is 13.0 Å². The van der Waals surface area contributed by atoms with Crippen LogP contribution in [-0.2, 0) is 9.59 Å². The zero-order chi connectivity index (χ0) is 15.0. The first-order chi connectivity index (χ1) is 9.31. The quantitative estimate of drug-likeness (QED) is 0.854. The van der Waals surface area contributed by atoms with Gasteiger partial charge in [0.1, 0.15) is 0 Å². The Kier molecular flexibility index (Phi) is 3.48. The molecule has 1 aromatic carbocycles. The van der Waals surface area contributed by atoms with E-state index in [9.17, 15) is 19.5 Å². The lowest BCUT2D eigenvalue weighted by Gasteiger charge is -2.21. The molecule has 1 fully saturated rings. The van der Waals surface area contributed by atoms with E-state index in [-0.39, 0.29) is 24.4 Å². The van der Waals surface area contributed by atoms with Crippen LogP contribution in [0.2, 0.25) is 0 Å². The lowest BCUT2D eigenvalue weighted by atomic mass is 10.0. The highest BCUT2D eigenvalue weighted by molar-refractivity contribution is 6.06. The monoisotopic (exact) mass is 276 g/mol. The van der Waals surface area contributed by atoms with Gasteiger partial charge in [-0.05, 0) is 31.0 Å². The van der Waals surface area contributed by atoms with Gasteiger partial charge in [-0.25, -0.2) is 4.79 Å². The summed E-state index contributed by atoms with van der Waals surface area (Å²) in [7, 11) is 0. The zero-order valence-corrected chi connectivity index (χ0v) is 11.3. The predicted molar refractivity (Wildman–Crippen MR) is 72.5 cm³/mol. The summed E-state index contributed by atoms with van der Waals surface area (Å²) in [6.07, 6.45) is 0.0295. The third-order valence-corrected chi connectivity index (χ3v) is 3.47. The minimum atomic E-state index is -1.10. The Morgan fingerprint density at radius 2 is 2.00 bits per heavy atom. The number of nitrogens with zero attached hydrogens (tertiary/aromatic N) is 1. The van der Waals surface area contributed by atoms with Crippen molar-refractivity contribution in [1.29, 1.82) is 0 Å². The van der Waals surface area contributed by atoms with E-state index in [2.05, 4.69) is 0 Å². The van der Waals surface area contributed by atoms with Crippen molar-refractivity contribution in [2.45, 2.75) is 20.3 Å². The average Bonchev–Trinajstić information content (AvgIpc) is 2.70. The van der Waals surface area contributed by atoms with Crippen molar-refractivity contribution in [3.05, 3.63) is 28.8 Å². The Balaban J connectivity index is 2.50. The van der Waals surface area contributed by atoms with Gasteiger partial charge in [-0.2, -0.15) is 0 Å². The Bertz CT molecular complexity index is 609. The van der Waals surface area contributed by atoms with Gasteiger partial charge in [0.05, 0.1) is 17.2 Å². The predicted octanol–water partition coefficient (Wildman–Crippen LogP) is 0.840. The zero-order valence-electron chi connectivity index (χ0n) is 11.3. The number of amides is 2. The van der Waals surface area contributed by atoms with Crippen molar-refractivity contribution < 1.29 is 19.5 Å². The van der Waals surface area contributed by atoms with Crippen molar-refractivity contribution in [2.75, 3.05) is 11.4 Å². The fourth-order valence-corrected chi connectivity index (χ4v) is 2.60. The van der Waals surface area contributed by atoms with Crippen LogP contribution in [0.25, 0.3) is 0 Å². The van der Waals surface area contributed by atoms with Gasteiger partial charge in [-0.1, -0.05) is 6.07 Å².